The van der Waals surface area contributed by atoms with Crippen LogP contribution in [0.3, 0.4) is 0 Å². The van der Waals surface area contributed by atoms with E-state index in [0.717, 1.165) is 32.4 Å². The van der Waals surface area contributed by atoms with Crippen LogP contribution in [0.15, 0.2) is 0 Å². The van der Waals surface area contributed by atoms with Gasteiger partial charge in [-0.2, -0.15) is 0 Å². The lowest BCUT2D eigenvalue weighted by molar-refractivity contribution is -0.124. The summed E-state index contributed by atoms with van der Waals surface area (Å²) >= 11 is 0. The molecule has 1 saturated carbocycles. The van der Waals surface area contributed by atoms with Crippen molar-refractivity contribution in [2.24, 2.45) is 5.73 Å². The first-order chi connectivity index (χ1) is 8.92. The van der Waals surface area contributed by atoms with Crippen LogP contribution in [-0.4, -0.2) is 55.2 Å². The van der Waals surface area contributed by atoms with E-state index in [9.17, 15) is 4.79 Å². The molecule has 0 aromatic rings. The third kappa shape index (κ3) is 5.09. The highest BCUT2D eigenvalue weighted by atomic mass is 16.5. The van der Waals surface area contributed by atoms with Gasteiger partial charge in [-0.3, -0.25) is 9.69 Å². The quantitative estimate of drug-likeness (QED) is 0.615. The van der Waals surface area contributed by atoms with Crippen LogP contribution in [0.4, 0.5) is 0 Å². The SMILES string of the molecule is CCN(CCOC)C(C)CC(C)(NC1CC1)C(N)=O. The van der Waals surface area contributed by atoms with E-state index in [-0.39, 0.29) is 5.91 Å². The van der Waals surface area contributed by atoms with Gasteiger partial charge in [0.05, 0.1) is 12.1 Å². The third-order valence-corrected chi connectivity index (χ3v) is 3.96. The first-order valence-electron chi connectivity index (χ1n) is 7.23. The lowest BCUT2D eigenvalue weighted by atomic mass is 9.91. The van der Waals surface area contributed by atoms with Gasteiger partial charge in [-0.1, -0.05) is 6.92 Å². The maximum atomic E-state index is 11.8. The Kier molecular flexibility index (Phi) is 6.23. The van der Waals surface area contributed by atoms with E-state index in [0.29, 0.717) is 18.7 Å². The summed E-state index contributed by atoms with van der Waals surface area (Å²) < 4.78 is 5.13. The van der Waals surface area contributed by atoms with Crippen LogP contribution in [0.1, 0.15) is 40.0 Å². The highest BCUT2D eigenvalue weighted by Crippen LogP contribution is 2.25. The van der Waals surface area contributed by atoms with Crippen molar-refractivity contribution in [3.05, 3.63) is 0 Å². The Morgan fingerprint density at radius 3 is 2.63 bits per heavy atom. The van der Waals surface area contributed by atoms with Crippen molar-refractivity contribution in [1.82, 2.24) is 10.2 Å². The maximum absolute atomic E-state index is 11.8. The third-order valence-electron chi connectivity index (χ3n) is 3.96. The van der Waals surface area contributed by atoms with Gasteiger partial charge in [0.25, 0.3) is 0 Å². The summed E-state index contributed by atoms with van der Waals surface area (Å²) in [7, 11) is 1.71. The lowest BCUT2D eigenvalue weighted by Crippen LogP contribution is -2.57. The predicted octanol–water partition coefficient (Wildman–Crippen LogP) is 0.729. The number of methoxy groups -OCH3 is 1. The molecule has 2 unspecified atom stereocenters. The van der Waals surface area contributed by atoms with Crippen LogP contribution in [0.5, 0.6) is 0 Å². The second kappa shape index (κ2) is 7.22. The molecule has 1 fully saturated rings. The van der Waals surface area contributed by atoms with Crippen LogP contribution in [0.2, 0.25) is 0 Å². The number of primary amides is 1. The van der Waals surface area contributed by atoms with Crippen molar-refractivity contribution in [2.45, 2.75) is 57.7 Å². The number of carbonyl (C=O) groups excluding carboxylic acids is 1. The average molecular weight is 271 g/mol. The molecule has 1 aliphatic carbocycles. The van der Waals surface area contributed by atoms with Crippen molar-refractivity contribution in [2.75, 3.05) is 26.8 Å². The molecule has 0 spiro atoms. The molecule has 0 aromatic carbocycles. The summed E-state index contributed by atoms with van der Waals surface area (Å²) in [5.74, 6) is -0.256. The highest BCUT2D eigenvalue weighted by molar-refractivity contribution is 5.84. The molecular formula is C14H29N3O2. The van der Waals surface area contributed by atoms with Gasteiger partial charge in [0.2, 0.25) is 5.91 Å². The molecule has 1 rings (SSSR count). The summed E-state index contributed by atoms with van der Waals surface area (Å²) in [6, 6.07) is 0.766. The molecule has 1 amide bonds. The Morgan fingerprint density at radius 1 is 1.58 bits per heavy atom. The van der Waals surface area contributed by atoms with Crippen molar-refractivity contribution in [3.8, 4) is 0 Å². The zero-order valence-electron chi connectivity index (χ0n) is 12.7. The van der Waals surface area contributed by atoms with Gasteiger partial charge >= 0.3 is 0 Å². The fourth-order valence-corrected chi connectivity index (χ4v) is 2.53. The molecule has 5 heteroatoms. The second-order valence-electron chi connectivity index (χ2n) is 5.79. The van der Waals surface area contributed by atoms with Crippen LogP contribution in [-0.2, 0) is 9.53 Å². The highest BCUT2D eigenvalue weighted by Gasteiger charge is 2.38. The Bertz CT molecular complexity index is 294. The van der Waals surface area contributed by atoms with E-state index < -0.39 is 5.54 Å². The van der Waals surface area contributed by atoms with Crippen molar-refractivity contribution >= 4 is 5.91 Å². The molecule has 0 aliphatic heterocycles. The summed E-state index contributed by atoms with van der Waals surface area (Å²) in [6.07, 6.45) is 3.03. The number of hydrogen-bond donors (Lipinski definition) is 2. The van der Waals surface area contributed by atoms with Gasteiger partial charge in [0, 0.05) is 25.7 Å². The number of nitrogens with two attached hydrogens (primary N) is 1. The normalized spacial score (nSPS) is 20.3. The minimum absolute atomic E-state index is 0.256. The number of rotatable bonds is 10. The maximum Gasteiger partial charge on any atom is 0.237 e. The lowest BCUT2D eigenvalue weighted by Gasteiger charge is -2.35. The molecule has 0 aromatic heterocycles. The van der Waals surface area contributed by atoms with Gasteiger partial charge in [0.15, 0.2) is 0 Å². The fourth-order valence-electron chi connectivity index (χ4n) is 2.53. The molecule has 112 valence electrons. The van der Waals surface area contributed by atoms with Gasteiger partial charge in [-0.05, 0) is 39.7 Å². The number of ether oxygens (including phenoxy) is 1. The first-order valence-corrected chi connectivity index (χ1v) is 7.23. The fraction of sp³-hybridized carbons (Fsp3) is 0.929. The second-order valence-corrected chi connectivity index (χ2v) is 5.79. The standard InChI is InChI=1S/C14H29N3O2/c1-5-17(8-9-19-4)11(2)10-14(3,13(15)18)16-12-6-7-12/h11-12,16H,5-10H2,1-4H3,(H2,15,18). The van der Waals surface area contributed by atoms with Gasteiger partial charge in [0.1, 0.15) is 0 Å². The summed E-state index contributed by atoms with van der Waals surface area (Å²) in [5.41, 5.74) is 4.98. The van der Waals surface area contributed by atoms with E-state index in [1.165, 1.54) is 0 Å². The molecule has 3 N–H and O–H groups in total. The number of amides is 1. The van der Waals surface area contributed by atoms with Crippen molar-refractivity contribution in [1.29, 1.82) is 0 Å². The summed E-state index contributed by atoms with van der Waals surface area (Å²) in [5, 5.41) is 3.40. The molecule has 0 radical (unpaired) electrons. The van der Waals surface area contributed by atoms with Crippen LogP contribution < -0.4 is 11.1 Å². The summed E-state index contributed by atoms with van der Waals surface area (Å²) in [4.78, 5) is 14.1. The molecule has 1 aliphatic rings. The largest absolute Gasteiger partial charge is 0.383 e. The van der Waals surface area contributed by atoms with E-state index in [4.69, 9.17) is 10.5 Å². The zero-order valence-corrected chi connectivity index (χ0v) is 12.7. The van der Waals surface area contributed by atoms with Gasteiger partial charge in [-0.25, -0.2) is 0 Å². The van der Waals surface area contributed by atoms with Crippen LogP contribution in [0.25, 0.3) is 0 Å². The van der Waals surface area contributed by atoms with E-state index in [1.807, 2.05) is 6.92 Å². The van der Waals surface area contributed by atoms with E-state index >= 15 is 0 Å². The van der Waals surface area contributed by atoms with Gasteiger partial charge in [-0.15, -0.1) is 0 Å². The van der Waals surface area contributed by atoms with E-state index in [1.54, 1.807) is 7.11 Å². The zero-order chi connectivity index (χ0) is 14.5. The minimum Gasteiger partial charge on any atom is -0.383 e. The Labute approximate surface area is 116 Å². The molecule has 0 saturated heterocycles. The average Bonchev–Trinajstić information content (AvgIpc) is 3.13. The number of hydrogen-bond acceptors (Lipinski definition) is 4. The van der Waals surface area contributed by atoms with Crippen molar-refractivity contribution in [3.63, 3.8) is 0 Å². The molecule has 0 heterocycles. The molecule has 2 atom stereocenters. The topological polar surface area (TPSA) is 67.6 Å². The van der Waals surface area contributed by atoms with Gasteiger partial charge < -0.3 is 15.8 Å². The molecule has 5 nitrogen and oxygen atoms in total. The summed E-state index contributed by atoms with van der Waals surface area (Å²) in [6.45, 7) is 8.74. The number of nitrogens with one attached hydrogen (secondary N) is 1. The van der Waals surface area contributed by atoms with Crippen LogP contribution >= 0.6 is 0 Å². The number of carbonyl (C=O) groups is 1. The smallest absolute Gasteiger partial charge is 0.237 e. The minimum atomic E-state index is -0.610. The Morgan fingerprint density at radius 2 is 2.21 bits per heavy atom. The Hall–Kier alpha value is -0.650. The monoisotopic (exact) mass is 271 g/mol. The first kappa shape index (κ1) is 16.4. The molecule has 0 bridgehead atoms. The molecular weight excluding hydrogens is 242 g/mol. The van der Waals surface area contributed by atoms with Crippen molar-refractivity contribution < 1.29 is 9.53 Å². The predicted molar refractivity (Wildman–Crippen MR) is 77.0 cm³/mol. The number of likely N-dealkylation sites (N-methyl/N-ethyl adjacent to an activating group) is 1. The van der Waals surface area contributed by atoms with E-state index in [2.05, 4.69) is 24.1 Å². The Balaban J connectivity index is 2.57. The molecule has 19 heavy (non-hydrogen) atoms. The van der Waals surface area contributed by atoms with Crippen LogP contribution in [0, 0.1) is 0 Å². The number of nitrogens with zero attached hydrogens (tertiary/aromatic N) is 1.